The van der Waals surface area contributed by atoms with E-state index in [-0.39, 0.29) is 12.5 Å². The van der Waals surface area contributed by atoms with E-state index < -0.39 is 0 Å². The minimum atomic E-state index is -0.00894. The average Bonchev–Trinajstić information content (AvgIpc) is 2.20. The minimum Gasteiger partial charge on any atom is -0.370 e. The van der Waals surface area contributed by atoms with Crippen LogP contribution in [0.2, 0.25) is 0 Å². The first-order valence-electron chi connectivity index (χ1n) is 5.40. The van der Waals surface area contributed by atoms with Gasteiger partial charge in [-0.15, -0.1) is 0 Å². The lowest BCUT2D eigenvalue weighted by Crippen LogP contribution is -2.38. The second-order valence-corrected chi connectivity index (χ2v) is 3.74. The second-order valence-electron chi connectivity index (χ2n) is 3.74. The van der Waals surface area contributed by atoms with E-state index in [0.717, 1.165) is 12.8 Å². The molecule has 1 aliphatic carbocycles. The molecule has 0 bridgehead atoms. The van der Waals surface area contributed by atoms with Crippen LogP contribution >= 0.6 is 0 Å². The fourth-order valence-corrected chi connectivity index (χ4v) is 1.76. The van der Waals surface area contributed by atoms with Crippen LogP contribution in [-0.2, 0) is 9.53 Å². The van der Waals surface area contributed by atoms with Gasteiger partial charge in [0.25, 0.3) is 0 Å². The van der Waals surface area contributed by atoms with Gasteiger partial charge >= 0.3 is 0 Å². The van der Waals surface area contributed by atoms with Gasteiger partial charge in [-0.05, 0) is 12.8 Å². The quantitative estimate of drug-likeness (QED) is 0.632. The number of ether oxygens (including phenoxy) is 1. The Balaban J connectivity index is 2.06. The Bertz CT molecular complexity index is 168. The summed E-state index contributed by atoms with van der Waals surface area (Å²) in [4.78, 5) is 11.3. The van der Waals surface area contributed by atoms with Crippen LogP contribution in [0.15, 0.2) is 0 Å². The molecule has 0 spiro atoms. The first-order chi connectivity index (χ1) is 6.83. The lowest BCUT2D eigenvalue weighted by molar-refractivity contribution is -0.126. The van der Waals surface area contributed by atoms with Gasteiger partial charge in [0.05, 0.1) is 6.61 Å². The number of amides is 1. The van der Waals surface area contributed by atoms with Gasteiger partial charge in [0, 0.05) is 12.6 Å². The van der Waals surface area contributed by atoms with Crippen LogP contribution in [0, 0.1) is 0 Å². The highest BCUT2D eigenvalue weighted by atomic mass is 16.5. The van der Waals surface area contributed by atoms with Crippen LogP contribution in [-0.4, -0.2) is 31.7 Å². The molecule has 0 unspecified atom stereocenters. The van der Waals surface area contributed by atoms with Crippen molar-refractivity contribution >= 4 is 5.91 Å². The van der Waals surface area contributed by atoms with E-state index in [4.69, 9.17) is 10.5 Å². The van der Waals surface area contributed by atoms with Crippen LogP contribution in [0.3, 0.4) is 0 Å². The second kappa shape index (κ2) is 6.79. The molecule has 82 valence electrons. The largest absolute Gasteiger partial charge is 0.370 e. The zero-order valence-corrected chi connectivity index (χ0v) is 8.63. The summed E-state index contributed by atoms with van der Waals surface area (Å²) < 4.78 is 5.05. The van der Waals surface area contributed by atoms with E-state index in [0.29, 0.717) is 19.2 Å². The Hall–Kier alpha value is -0.610. The number of hydrogen-bond acceptors (Lipinski definition) is 3. The fourth-order valence-electron chi connectivity index (χ4n) is 1.76. The van der Waals surface area contributed by atoms with Crippen LogP contribution in [0.25, 0.3) is 0 Å². The molecular weight excluding hydrogens is 180 g/mol. The van der Waals surface area contributed by atoms with Crippen molar-refractivity contribution in [3.05, 3.63) is 0 Å². The van der Waals surface area contributed by atoms with Gasteiger partial charge in [-0.3, -0.25) is 4.79 Å². The van der Waals surface area contributed by atoms with Crippen LogP contribution in [0.1, 0.15) is 32.1 Å². The molecule has 0 heterocycles. The maximum absolute atomic E-state index is 11.3. The van der Waals surface area contributed by atoms with Gasteiger partial charge in [-0.1, -0.05) is 19.3 Å². The molecule has 4 nitrogen and oxygen atoms in total. The first-order valence-corrected chi connectivity index (χ1v) is 5.40. The van der Waals surface area contributed by atoms with Crippen molar-refractivity contribution in [3.8, 4) is 0 Å². The van der Waals surface area contributed by atoms with Gasteiger partial charge in [0.15, 0.2) is 0 Å². The third-order valence-corrected chi connectivity index (χ3v) is 2.47. The Morgan fingerprint density at radius 3 is 2.71 bits per heavy atom. The van der Waals surface area contributed by atoms with E-state index in [2.05, 4.69) is 5.32 Å². The molecule has 1 fully saturated rings. The fraction of sp³-hybridized carbons (Fsp3) is 0.900. The van der Waals surface area contributed by atoms with Crippen LogP contribution in [0.5, 0.6) is 0 Å². The molecule has 3 N–H and O–H groups in total. The topological polar surface area (TPSA) is 64.3 Å². The summed E-state index contributed by atoms with van der Waals surface area (Å²) in [5.41, 5.74) is 5.24. The lowest BCUT2D eigenvalue weighted by Gasteiger charge is -2.22. The van der Waals surface area contributed by atoms with Gasteiger partial charge in [-0.2, -0.15) is 0 Å². The number of carbonyl (C=O) groups excluding carboxylic acids is 1. The van der Waals surface area contributed by atoms with Gasteiger partial charge in [-0.25, -0.2) is 0 Å². The number of carbonyl (C=O) groups is 1. The molecule has 4 heteroatoms. The average molecular weight is 200 g/mol. The first kappa shape index (κ1) is 11.5. The van der Waals surface area contributed by atoms with E-state index in [1.165, 1.54) is 19.3 Å². The molecule has 14 heavy (non-hydrogen) atoms. The van der Waals surface area contributed by atoms with Crippen LogP contribution in [0.4, 0.5) is 0 Å². The maximum Gasteiger partial charge on any atom is 0.246 e. The smallest absolute Gasteiger partial charge is 0.246 e. The summed E-state index contributed by atoms with van der Waals surface area (Å²) in [5, 5.41) is 2.97. The van der Waals surface area contributed by atoms with Crippen LogP contribution < -0.4 is 11.1 Å². The van der Waals surface area contributed by atoms with Gasteiger partial charge in [0.1, 0.15) is 6.61 Å². The lowest BCUT2D eigenvalue weighted by atomic mass is 9.95. The Kier molecular flexibility index (Phi) is 5.56. The molecule has 0 saturated heterocycles. The number of hydrogen-bond donors (Lipinski definition) is 2. The van der Waals surface area contributed by atoms with Crippen molar-refractivity contribution in [1.82, 2.24) is 5.32 Å². The summed E-state index contributed by atoms with van der Waals surface area (Å²) in [5.74, 6) is -0.00894. The summed E-state index contributed by atoms with van der Waals surface area (Å²) in [6.45, 7) is 1.07. The van der Waals surface area contributed by atoms with Crippen molar-refractivity contribution in [1.29, 1.82) is 0 Å². The Morgan fingerprint density at radius 1 is 1.36 bits per heavy atom. The van der Waals surface area contributed by atoms with Crippen molar-refractivity contribution in [3.63, 3.8) is 0 Å². The highest BCUT2D eigenvalue weighted by Crippen LogP contribution is 2.17. The zero-order chi connectivity index (χ0) is 10.2. The maximum atomic E-state index is 11.3. The molecule has 1 saturated carbocycles. The molecule has 0 aromatic rings. The summed E-state index contributed by atoms with van der Waals surface area (Å²) in [7, 11) is 0. The third kappa shape index (κ3) is 4.58. The third-order valence-electron chi connectivity index (χ3n) is 2.47. The van der Waals surface area contributed by atoms with Crippen molar-refractivity contribution in [2.45, 2.75) is 38.1 Å². The summed E-state index contributed by atoms with van der Waals surface area (Å²) in [6.07, 6.45) is 5.99. The predicted octanol–water partition coefficient (Wildman–Crippen LogP) is 0.411. The standard InChI is InChI=1S/C10H20N2O2/c11-6-7-14-8-10(13)12-9-4-2-1-3-5-9/h9H,1-8,11H2,(H,12,13). The highest BCUT2D eigenvalue weighted by molar-refractivity contribution is 5.77. The van der Waals surface area contributed by atoms with E-state index in [9.17, 15) is 4.79 Å². The molecule has 1 rings (SSSR count). The monoisotopic (exact) mass is 200 g/mol. The highest BCUT2D eigenvalue weighted by Gasteiger charge is 2.15. The normalized spacial score (nSPS) is 18.1. The van der Waals surface area contributed by atoms with E-state index in [1.54, 1.807) is 0 Å². The molecular formula is C10H20N2O2. The molecule has 0 aliphatic heterocycles. The molecule has 1 amide bonds. The molecule has 0 atom stereocenters. The SMILES string of the molecule is NCCOCC(=O)NC1CCCCC1. The van der Waals surface area contributed by atoms with Gasteiger partial charge in [0.2, 0.25) is 5.91 Å². The summed E-state index contributed by atoms with van der Waals surface area (Å²) >= 11 is 0. The molecule has 0 aromatic heterocycles. The minimum absolute atomic E-state index is 0.00894. The molecule has 1 aliphatic rings. The number of nitrogens with two attached hydrogens (primary N) is 1. The Morgan fingerprint density at radius 2 is 2.07 bits per heavy atom. The van der Waals surface area contributed by atoms with Crippen molar-refractivity contribution < 1.29 is 9.53 Å². The predicted molar refractivity (Wildman–Crippen MR) is 54.9 cm³/mol. The van der Waals surface area contributed by atoms with E-state index in [1.807, 2.05) is 0 Å². The number of nitrogens with one attached hydrogen (secondary N) is 1. The summed E-state index contributed by atoms with van der Waals surface area (Å²) in [6, 6.07) is 0.373. The number of rotatable bonds is 5. The van der Waals surface area contributed by atoms with Crippen molar-refractivity contribution in [2.75, 3.05) is 19.8 Å². The zero-order valence-electron chi connectivity index (χ0n) is 8.63. The van der Waals surface area contributed by atoms with E-state index >= 15 is 0 Å². The van der Waals surface area contributed by atoms with Gasteiger partial charge < -0.3 is 15.8 Å². The molecule has 0 aromatic carbocycles. The Labute approximate surface area is 85.2 Å². The molecule has 0 radical (unpaired) electrons. The van der Waals surface area contributed by atoms with Crippen molar-refractivity contribution in [2.24, 2.45) is 5.73 Å².